The van der Waals surface area contributed by atoms with Crippen LogP contribution in [-0.4, -0.2) is 10.1 Å². The van der Waals surface area contributed by atoms with E-state index in [4.69, 9.17) is 11.6 Å². The van der Waals surface area contributed by atoms with Crippen LogP contribution in [0.4, 0.5) is 0 Å². The van der Waals surface area contributed by atoms with E-state index in [2.05, 4.69) is 4.98 Å². The van der Waals surface area contributed by atoms with Crippen LogP contribution in [0.25, 0.3) is 0 Å². The third kappa shape index (κ3) is 2.68. The summed E-state index contributed by atoms with van der Waals surface area (Å²) in [6.45, 7) is 4.05. The van der Waals surface area contributed by atoms with Crippen LogP contribution in [0.2, 0.25) is 5.02 Å². The summed E-state index contributed by atoms with van der Waals surface area (Å²) in [7, 11) is 0. The zero-order valence-electron chi connectivity index (χ0n) is 7.87. The summed E-state index contributed by atoms with van der Waals surface area (Å²) in [5.74, 6) is 0.230. The van der Waals surface area contributed by atoms with E-state index in [9.17, 15) is 5.11 Å². The minimum absolute atomic E-state index is 0.230. The molecule has 0 aliphatic carbocycles. The lowest BCUT2D eigenvalue weighted by atomic mass is 9.99. The molecule has 0 fully saturated rings. The first-order valence-electron chi connectivity index (χ1n) is 4.44. The van der Waals surface area contributed by atoms with Gasteiger partial charge in [-0.3, -0.25) is 4.98 Å². The van der Waals surface area contributed by atoms with Crippen LogP contribution < -0.4 is 0 Å². The zero-order chi connectivity index (χ0) is 9.84. The first-order chi connectivity index (χ1) is 6.15. The second-order valence-corrected chi connectivity index (χ2v) is 3.67. The number of nitrogens with zero attached hydrogens (tertiary/aromatic N) is 1. The molecule has 0 saturated carbocycles. The van der Waals surface area contributed by atoms with Crippen molar-refractivity contribution in [2.45, 2.75) is 26.4 Å². The second kappa shape index (κ2) is 4.58. The summed E-state index contributed by atoms with van der Waals surface area (Å²) in [4.78, 5) is 4.07. The van der Waals surface area contributed by atoms with Gasteiger partial charge in [-0.2, -0.15) is 0 Å². The van der Waals surface area contributed by atoms with E-state index in [-0.39, 0.29) is 5.92 Å². The number of pyridine rings is 1. The molecule has 0 bridgehead atoms. The molecule has 1 heterocycles. The SMILES string of the molecule is CCC(C)C(O)c1ccc(Cl)cn1. The highest BCUT2D eigenvalue weighted by atomic mass is 35.5. The van der Waals surface area contributed by atoms with Gasteiger partial charge in [0.05, 0.1) is 16.8 Å². The molecule has 2 atom stereocenters. The van der Waals surface area contributed by atoms with Crippen LogP contribution in [0.5, 0.6) is 0 Å². The number of hydrogen-bond acceptors (Lipinski definition) is 2. The Balaban J connectivity index is 2.77. The molecule has 1 aromatic heterocycles. The molecule has 72 valence electrons. The predicted molar refractivity (Wildman–Crippen MR) is 53.7 cm³/mol. The van der Waals surface area contributed by atoms with Gasteiger partial charge in [0, 0.05) is 6.20 Å². The lowest BCUT2D eigenvalue weighted by molar-refractivity contribution is 0.111. The van der Waals surface area contributed by atoms with Gasteiger partial charge in [-0.15, -0.1) is 0 Å². The third-order valence-corrected chi connectivity index (χ3v) is 2.46. The number of aliphatic hydroxyl groups excluding tert-OH is 1. The van der Waals surface area contributed by atoms with Gasteiger partial charge in [0.25, 0.3) is 0 Å². The summed E-state index contributed by atoms with van der Waals surface area (Å²) in [6.07, 6.45) is 2.01. The second-order valence-electron chi connectivity index (χ2n) is 3.23. The van der Waals surface area contributed by atoms with E-state index in [0.29, 0.717) is 10.7 Å². The maximum Gasteiger partial charge on any atom is 0.0985 e. The Hall–Kier alpha value is -0.600. The normalized spacial score (nSPS) is 15.4. The van der Waals surface area contributed by atoms with Gasteiger partial charge < -0.3 is 5.11 Å². The average molecular weight is 200 g/mol. The number of aliphatic hydroxyl groups is 1. The molecule has 2 unspecified atom stereocenters. The predicted octanol–water partition coefficient (Wildman–Crippen LogP) is 2.81. The van der Waals surface area contributed by atoms with Crippen molar-refractivity contribution in [3.05, 3.63) is 29.0 Å². The van der Waals surface area contributed by atoms with Gasteiger partial charge in [0.2, 0.25) is 0 Å². The molecular weight excluding hydrogens is 186 g/mol. The van der Waals surface area contributed by atoms with Gasteiger partial charge in [-0.1, -0.05) is 31.9 Å². The van der Waals surface area contributed by atoms with Gasteiger partial charge >= 0.3 is 0 Å². The van der Waals surface area contributed by atoms with Gasteiger partial charge in [0.1, 0.15) is 0 Å². The van der Waals surface area contributed by atoms with Gasteiger partial charge in [0.15, 0.2) is 0 Å². The fraction of sp³-hybridized carbons (Fsp3) is 0.500. The summed E-state index contributed by atoms with van der Waals surface area (Å²) < 4.78 is 0. The van der Waals surface area contributed by atoms with Gasteiger partial charge in [-0.05, 0) is 18.1 Å². The number of aromatic nitrogens is 1. The Morgan fingerprint density at radius 3 is 2.69 bits per heavy atom. The summed E-state index contributed by atoms with van der Waals surface area (Å²) in [6, 6.07) is 3.51. The van der Waals surface area contributed by atoms with E-state index in [1.165, 1.54) is 0 Å². The highest BCUT2D eigenvalue weighted by molar-refractivity contribution is 6.30. The molecule has 0 spiro atoms. The molecule has 0 radical (unpaired) electrons. The molecule has 0 amide bonds. The van der Waals surface area contributed by atoms with Crippen LogP contribution >= 0.6 is 11.6 Å². The van der Waals surface area contributed by atoms with Crippen molar-refractivity contribution in [2.24, 2.45) is 5.92 Å². The van der Waals surface area contributed by atoms with Crippen LogP contribution in [0.3, 0.4) is 0 Å². The minimum Gasteiger partial charge on any atom is -0.387 e. The number of rotatable bonds is 3. The highest BCUT2D eigenvalue weighted by Crippen LogP contribution is 2.22. The number of hydrogen-bond donors (Lipinski definition) is 1. The lowest BCUT2D eigenvalue weighted by Crippen LogP contribution is -2.09. The first-order valence-corrected chi connectivity index (χ1v) is 4.82. The van der Waals surface area contributed by atoms with Crippen molar-refractivity contribution in [3.63, 3.8) is 0 Å². The maximum absolute atomic E-state index is 9.77. The molecule has 3 heteroatoms. The minimum atomic E-state index is -0.484. The molecule has 0 saturated heterocycles. The lowest BCUT2D eigenvalue weighted by Gasteiger charge is -2.16. The Labute approximate surface area is 83.6 Å². The average Bonchev–Trinajstić information content (AvgIpc) is 2.17. The fourth-order valence-corrected chi connectivity index (χ4v) is 1.19. The fourth-order valence-electron chi connectivity index (χ4n) is 1.08. The van der Waals surface area contributed by atoms with Crippen molar-refractivity contribution in [1.82, 2.24) is 4.98 Å². The Bertz CT molecular complexity index is 260. The van der Waals surface area contributed by atoms with Crippen molar-refractivity contribution in [3.8, 4) is 0 Å². The van der Waals surface area contributed by atoms with E-state index in [0.717, 1.165) is 6.42 Å². The molecule has 2 nitrogen and oxygen atoms in total. The zero-order valence-corrected chi connectivity index (χ0v) is 8.62. The molecule has 0 aliphatic heterocycles. The largest absolute Gasteiger partial charge is 0.387 e. The van der Waals surface area contributed by atoms with Crippen molar-refractivity contribution in [2.75, 3.05) is 0 Å². The quantitative estimate of drug-likeness (QED) is 0.812. The first kappa shape index (κ1) is 10.5. The smallest absolute Gasteiger partial charge is 0.0985 e. The molecule has 1 rings (SSSR count). The van der Waals surface area contributed by atoms with Gasteiger partial charge in [-0.25, -0.2) is 0 Å². The van der Waals surface area contributed by atoms with E-state index < -0.39 is 6.10 Å². The maximum atomic E-state index is 9.77. The van der Waals surface area contributed by atoms with E-state index in [1.54, 1.807) is 18.3 Å². The molecule has 13 heavy (non-hydrogen) atoms. The van der Waals surface area contributed by atoms with Crippen molar-refractivity contribution >= 4 is 11.6 Å². The number of halogens is 1. The Kier molecular flexibility index (Phi) is 3.70. The summed E-state index contributed by atoms with van der Waals surface area (Å²) >= 11 is 5.69. The Morgan fingerprint density at radius 2 is 2.23 bits per heavy atom. The van der Waals surface area contributed by atoms with Crippen molar-refractivity contribution in [1.29, 1.82) is 0 Å². The molecule has 1 aromatic rings. The van der Waals surface area contributed by atoms with E-state index in [1.807, 2.05) is 13.8 Å². The molecule has 0 aromatic carbocycles. The monoisotopic (exact) mass is 199 g/mol. The Morgan fingerprint density at radius 1 is 1.54 bits per heavy atom. The van der Waals surface area contributed by atoms with Crippen molar-refractivity contribution < 1.29 is 5.11 Å². The van der Waals surface area contributed by atoms with Crippen LogP contribution in [0.15, 0.2) is 18.3 Å². The summed E-state index contributed by atoms with van der Waals surface area (Å²) in [5.41, 5.74) is 0.693. The standard InChI is InChI=1S/C10H14ClNO/c1-3-7(2)10(13)9-5-4-8(11)6-12-9/h4-7,10,13H,3H2,1-2H3. The highest BCUT2D eigenvalue weighted by Gasteiger charge is 2.15. The van der Waals surface area contributed by atoms with E-state index >= 15 is 0 Å². The van der Waals surface area contributed by atoms with Crippen LogP contribution in [-0.2, 0) is 0 Å². The summed E-state index contributed by atoms with van der Waals surface area (Å²) in [5, 5.41) is 10.4. The van der Waals surface area contributed by atoms with Crippen LogP contribution in [0.1, 0.15) is 32.1 Å². The molecule has 1 N–H and O–H groups in total. The topological polar surface area (TPSA) is 33.1 Å². The third-order valence-electron chi connectivity index (χ3n) is 2.24. The molecule has 0 aliphatic rings. The van der Waals surface area contributed by atoms with Crippen LogP contribution in [0, 0.1) is 5.92 Å². The molecular formula is C10H14ClNO.